The molecule has 1 aromatic carbocycles. The molecule has 0 unspecified atom stereocenters. The molecule has 1 aliphatic carbocycles. The van der Waals surface area contributed by atoms with E-state index in [0.29, 0.717) is 17.4 Å². The van der Waals surface area contributed by atoms with Gasteiger partial charge in [-0.25, -0.2) is 4.79 Å². The first-order valence-corrected chi connectivity index (χ1v) is 10.9. The average Bonchev–Trinajstić information content (AvgIpc) is 2.68. The molecule has 1 aliphatic rings. The van der Waals surface area contributed by atoms with Gasteiger partial charge in [-0.1, -0.05) is 52.8 Å². The van der Waals surface area contributed by atoms with Gasteiger partial charge in [0, 0.05) is 17.1 Å². The highest BCUT2D eigenvalue weighted by molar-refractivity contribution is 6.05. The molecule has 0 fully saturated rings. The lowest BCUT2D eigenvalue weighted by Gasteiger charge is -2.35. The first kappa shape index (κ1) is 22.3. The maximum absolute atomic E-state index is 13.2. The summed E-state index contributed by atoms with van der Waals surface area (Å²) in [5.41, 5.74) is 3.50. The van der Waals surface area contributed by atoms with Crippen LogP contribution in [0.1, 0.15) is 69.6 Å². The largest absolute Gasteiger partial charge is 0.452 e. The van der Waals surface area contributed by atoms with E-state index in [1.54, 1.807) is 0 Å². The second-order valence-electron chi connectivity index (χ2n) is 9.91. The molecule has 0 radical (unpaired) electrons. The van der Waals surface area contributed by atoms with Crippen LogP contribution in [-0.2, 0) is 22.4 Å². The molecule has 1 aromatic heterocycles. The van der Waals surface area contributed by atoms with Crippen molar-refractivity contribution in [1.82, 2.24) is 10.3 Å². The summed E-state index contributed by atoms with van der Waals surface area (Å²) in [6.45, 7) is 12.5. The van der Waals surface area contributed by atoms with Crippen molar-refractivity contribution in [3.8, 4) is 0 Å². The minimum absolute atomic E-state index is 0.0262. The number of hydrogen-bond donors (Lipinski definition) is 1. The number of nitrogens with zero attached hydrogens (tertiary/aromatic N) is 1. The molecular weight excluding hydrogens is 376 g/mol. The number of esters is 1. The van der Waals surface area contributed by atoms with Gasteiger partial charge in [-0.15, -0.1) is 0 Å². The number of benzene rings is 1. The summed E-state index contributed by atoms with van der Waals surface area (Å²) in [6, 6.07) is 7.71. The van der Waals surface area contributed by atoms with Crippen LogP contribution >= 0.6 is 0 Å². The van der Waals surface area contributed by atoms with Crippen LogP contribution in [0, 0.1) is 17.3 Å². The number of aryl methyl sites for hydroxylation is 1. The minimum Gasteiger partial charge on any atom is -0.452 e. The lowest BCUT2D eigenvalue weighted by molar-refractivity contribution is -0.125. The van der Waals surface area contributed by atoms with Gasteiger partial charge >= 0.3 is 5.97 Å². The standard InChI is InChI=1S/C25H34N2O3/c1-15(2)16(3)26-22(28)14-30-24(29)23-18-9-7-8-10-20(18)27-21-12-11-17(13-19(21)23)25(4,5)6/h7-10,15-17H,11-14H2,1-6H3,(H,26,28)/t16-,17-/m1/s1. The molecule has 1 amide bonds. The second-order valence-corrected chi connectivity index (χ2v) is 9.91. The predicted molar refractivity (Wildman–Crippen MR) is 119 cm³/mol. The van der Waals surface area contributed by atoms with Gasteiger partial charge in [-0.2, -0.15) is 0 Å². The Morgan fingerprint density at radius 3 is 2.57 bits per heavy atom. The van der Waals surface area contributed by atoms with E-state index in [9.17, 15) is 9.59 Å². The number of para-hydroxylation sites is 1. The Hall–Kier alpha value is -2.43. The number of aromatic nitrogens is 1. The number of carbonyl (C=O) groups excluding carboxylic acids is 2. The summed E-state index contributed by atoms with van der Waals surface area (Å²) in [5.74, 6) is 0.0703. The Kier molecular flexibility index (Phi) is 6.49. The molecule has 1 heterocycles. The van der Waals surface area contributed by atoms with Crippen LogP contribution in [0.5, 0.6) is 0 Å². The Balaban J connectivity index is 1.90. The lowest BCUT2D eigenvalue weighted by atomic mass is 9.70. The summed E-state index contributed by atoms with van der Waals surface area (Å²) in [4.78, 5) is 30.3. The van der Waals surface area contributed by atoms with E-state index in [1.807, 2.05) is 45.0 Å². The van der Waals surface area contributed by atoms with Gasteiger partial charge in [-0.05, 0) is 55.1 Å². The quantitative estimate of drug-likeness (QED) is 0.725. The van der Waals surface area contributed by atoms with Crippen molar-refractivity contribution in [2.45, 2.75) is 66.8 Å². The number of carbonyl (C=O) groups is 2. The summed E-state index contributed by atoms with van der Waals surface area (Å²) in [5, 5.41) is 3.68. The first-order valence-electron chi connectivity index (χ1n) is 10.9. The zero-order valence-electron chi connectivity index (χ0n) is 19.0. The molecule has 0 saturated heterocycles. The zero-order chi connectivity index (χ0) is 22.1. The van der Waals surface area contributed by atoms with Crippen LogP contribution in [0.25, 0.3) is 10.9 Å². The summed E-state index contributed by atoms with van der Waals surface area (Å²) >= 11 is 0. The Morgan fingerprint density at radius 2 is 1.90 bits per heavy atom. The van der Waals surface area contributed by atoms with Crippen LogP contribution in [0.4, 0.5) is 0 Å². The molecule has 0 spiro atoms. The van der Waals surface area contributed by atoms with E-state index >= 15 is 0 Å². The third-order valence-electron chi connectivity index (χ3n) is 6.41. The fraction of sp³-hybridized carbons (Fsp3) is 0.560. The van der Waals surface area contributed by atoms with Crippen molar-refractivity contribution in [2.24, 2.45) is 17.3 Å². The van der Waals surface area contributed by atoms with Gasteiger partial charge < -0.3 is 10.1 Å². The predicted octanol–water partition coefficient (Wildman–Crippen LogP) is 4.70. The molecule has 1 N–H and O–H groups in total. The number of ether oxygens (including phenoxy) is 1. The van der Waals surface area contributed by atoms with Crippen LogP contribution in [0.2, 0.25) is 0 Å². The average molecular weight is 411 g/mol. The fourth-order valence-corrected chi connectivity index (χ4v) is 4.03. The molecule has 5 nitrogen and oxygen atoms in total. The monoisotopic (exact) mass is 410 g/mol. The lowest BCUT2D eigenvalue weighted by Crippen LogP contribution is -2.38. The minimum atomic E-state index is -0.438. The topological polar surface area (TPSA) is 68.3 Å². The van der Waals surface area contributed by atoms with Crippen molar-refractivity contribution in [3.05, 3.63) is 41.1 Å². The van der Waals surface area contributed by atoms with Crippen molar-refractivity contribution in [1.29, 1.82) is 0 Å². The molecule has 0 bridgehead atoms. The molecule has 162 valence electrons. The second kappa shape index (κ2) is 8.75. The number of amides is 1. The Labute approximate surface area is 179 Å². The van der Waals surface area contributed by atoms with E-state index in [4.69, 9.17) is 9.72 Å². The maximum Gasteiger partial charge on any atom is 0.339 e. The third kappa shape index (κ3) is 4.82. The SMILES string of the molecule is CC(C)[C@@H](C)NC(=O)COC(=O)c1c2c(nc3ccccc13)CC[C@@H](C(C)(C)C)C2. The summed E-state index contributed by atoms with van der Waals surface area (Å²) < 4.78 is 5.49. The van der Waals surface area contributed by atoms with Crippen molar-refractivity contribution < 1.29 is 14.3 Å². The van der Waals surface area contributed by atoms with E-state index in [-0.39, 0.29) is 24.0 Å². The molecular formula is C25H34N2O3. The maximum atomic E-state index is 13.2. The molecule has 0 saturated carbocycles. The smallest absolute Gasteiger partial charge is 0.339 e. The molecule has 0 aliphatic heterocycles. The van der Waals surface area contributed by atoms with Gasteiger partial charge in [0.05, 0.1) is 11.1 Å². The highest BCUT2D eigenvalue weighted by atomic mass is 16.5. The van der Waals surface area contributed by atoms with Crippen molar-refractivity contribution in [2.75, 3.05) is 6.61 Å². The van der Waals surface area contributed by atoms with Gasteiger partial charge in [0.15, 0.2) is 6.61 Å². The normalized spacial score (nSPS) is 17.5. The van der Waals surface area contributed by atoms with E-state index in [1.165, 1.54) is 0 Å². The Bertz CT molecular complexity index is 943. The molecule has 5 heteroatoms. The van der Waals surface area contributed by atoms with Gasteiger partial charge in [-0.3, -0.25) is 9.78 Å². The van der Waals surface area contributed by atoms with Gasteiger partial charge in [0.25, 0.3) is 5.91 Å². The molecule has 3 rings (SSSR count). The number of rotatable bonds is 5. The van der Waals surface area contributed by atoms with E-state index < -0.39 is 5.97 Å². The number of pyridine rings is 1. The third-order valence-corrected chi connectivity index (χ3v) is 6.41. The van der Waals surface area contributed by atoms with Crippen LogP contribution in [0.3, 0.4) is 0 Å². The number of nitrogens with one attached hydrogen (secondary N) is 1. The molecule has 30 heavy (non-hydrogen) atoms. The van der Waals surface area contributed by atoms with Crippen molar-refractivity contribution in [3.63, 3.8) is 0 Å². The highest BCUT2D eigenvalue weighted by Gasteiger charge is 2.33. The molecule has 2 aromatic rings. The summed E-state index contributed by atoms with van der Waals surface area (Å²) in [6.07, 6.45) is 2.72. The van der Waals surface area contributed by atoms with Gasteiger partial charge in [0.1, 0.15) is 0 Å². The highest BCUT2D eigenvalue weighted by Crippen LogP contribution is 2.39. The van der Waals surface area contributed by atoms with Crippen LogP contribution in [-0.4, -0.2) is 29.5 Å². The summed E-state index contributed by atoms with van der Waals surface area (Å²) in [7, 11) is 0. The number of fused-ring (bicyclic) bond motifs is 2. The first-order chi connectivity index (χ1) is 14.1. The van der Waals surface area contributed by atoms with Crippen LogP contribution < -0.4 is 5.32 Å². The van der Waals surface area contributed by atoms with E-state index in [2.05, 4.69) is 26.1 Å². The number of hydrogen-bond acceptors (Lipinski definition) is 4. The van der Waals surface area contributed by atoms with Crippen LogP contribution in [0.15, 0.2) is 24.3 Å². The van der Waals surface area contributed by atoms with Crippen molar-refractivity contribution >= 4 is 22.8 Å². The molecule has 2 atom stereocenters. The van der Waals surface area contributed by atoms with E-state index in [0.717, 1.165) is 41.4 Å². The fourth-order valence-electron chi connectivity index (χ4n) is 4.03. The van der Waals surface area contributed by atoms with Gasteiger partial charge in [0.2, 0.25) is 0 Å². The Morgan fingerprint density at radius 1 is 1.20 bits per heavy atom. The zero-order valence-corrected chi connectivity index (χ0v) is 19.0.